The maximum Gasteiger partial charge on any atom is 0.304 e. The van der Waals surface area contributed by atoms with Crippen LogP contribution in [0.3, 0.4) is 0 Å². The van der Waals surface area contributed by atoms with Crippen LogP contribution in [0.1, 0.15) is 168 Å². The van der Waals surface area contributed by atoms with E-state index >= 15 is 0 Å². The van der Waals surface area contributed by atoms with Crippen molar-refractivity contribution in [3.8, 4) is 0 Å². The first-order chi connectivity index (χ1) is 17.0. The van der Waals surface area contributed by atoms with Crippen molar-refractivity contribution in [1.29, 1.82) is 0 Å². The van der Waals surface area contributed by atoms with Crippen LogP contribution in [0.5, 0.6) is 0 Å². The highest BCUT2D eigenvalue weighted by molar-refractivity contribution is 8.00. The maximum atomic E-state index is 11.7. The van der Waals surface area contributed by atoms with Crippen LogP contribution < -0.4 is 0 Å². The number of carbonyl (C=O) groups is 2. The summed E-state index contributed by atoms with van der Waals surface area (Å²) in [7, 11) is 0. The van der Waals surface area contributed by atoms with E-state index in [0.29, 0.717) is 5.75 Å². The van der Waals surface area contributed by atoms with E-state index in [9.17, 15) is 14.7 Å². The van der Waals surface area contributed by atoms with Crippen molar-refractivity contribution in [3.63, 3.8) is 0 Å². The zero-order chi connectivity index (χ0) is 26.0. The number of rotatable bonds is 28. The minimum Gasteiger partial charge on any atom is -0.481 e. The maximum absolute atomic E-state index is 11.7. The van der Waals surface area contributed by atoms with Crippen molar-refractivity contribution >= 4 is 23.7 Å². The predicted octanol–water partition coefficient (Wildman–Crippen LogP) is 10.0. The number of unbranched alkanes of at least 4 members (excludes halogenated alkanes) is 18. The molecule has 0 fully saturated rings. The van der Waals surface area contributed by atoms with Crippen LogP contribution in [0.4, 0.5) is 0 Å². The van der Waals surface area contributed by atoms with Gasteiger partial charge in [0.2, 0.25) is 0 Å². The van der Waals surface area contributed by atoms with E-state index in [1.165, 1.54) is 103 Å². The molecule has 2 N–H and O–H groups in total. The molecular weight excluding hydrogens is 456 g/mol. The summed E-state index contributed by atoms with van der Waals surface area (Å²) in [4.78, 5) is 22.8. The van der Waals surface area contributed by atoms with Crippen molar-refractivity contribution in [2.24, 2.45) is 0 Å². The van der Waals surface area contributed by atoms with Gasteiger partial charge in [-0.2, -0.15) is 11.8 Å². The Kier molecular flexibility index (Phi) is 24.5. The monoisotopic (exact) mass is 514 g/mol. The Balaban J connectivity index is 4.40. The molecule has 0 aromatic carbocycles. The molecule has 208 valence electrons. The first kappa shape index (κ1) is 34.3. The molecule has 0 saturated carbocycles. The van der Waals surface area contributed by atoms with Gasteiger partial charge in [0.15, 0.2) is 0 Å². The lowest BCUT2D eigenvalue weighted by Crippen LogP contribution is -2.29. The summed E-state index contributed by atoms with van der Waals surface area (Å²) in [6, 6.07) is 0. The van der Waals surface area contributed by atoms with Gasteiger partial charge in [0.1, 0.15) is 0 Å². The molecule has 4 nitrogen and oxygen atoms in total. The van der Waals surface area contributed by atoms with Crippen molar-refractivity contribution in [2.45, 2.75) is 173 Å². The summed E-state index contributed by atoms with van der Waals surface area (Å²) < 4.78 is -0.304. The number of hydrogen-bond acceptors (Lipinski definition) is 3. The molecule has 0 atom stereocenters. The Morgan fingerprint density at radius 2 is 0.886 bits per heavy atom. The van der Waals surface area contributed by atoms with Gasteiger partial charge < -0.3 is 10.2 Å². The Morgan fingerprint density at radius 1 is 0.543 bits per heavy atom. The molecule has 0 radical (unpaired) electrons. The Hall–Kier alpha value is -0.710. The van der Waals surface area contributed by atoms with E-state index in [2.05, 4.69) is 13.8 Å². The number of thioether (sulfide) groups is 1. The third kappa shape index (κ3) is 23.4. The van der Waals surface area contributed by atoms with Gasteiger partial charge in [-0.05, 0) is 12.8 Å². The topological polar surface area (TPSA) is 74.6 Å². The third-order valence-corrected chi connectivity index (χ3v) is 8.74. The van der Waals surface area contributed by atoms with Crippen LogP contribution in [-0.2, 0) is 9.59 Å². The van der Waals surface area contributed by atoms with E-state index < -0.39 is 11.9 Å². The van der Waals surface area contributed by atoms with Crippen molar-refractivity contribution in [3.05, 3.63) is 0 Å². The summed E-state index contributed by atoms with van der Waals surface area (Å²) in [5.74, 6) is -1.02. The molecule has 0 unspecified atom stereocenters. The zero-order valence-corrected chi connectivity index (χ0v) is 24.1. The molecule has 0 bridgehead atoms. The molecule has 0 spiro atoms. The van der Waals surface area contributed by atoms with Crippen LogP contribution in [0.2, 0.25) is 0 Å². The second-order valence-electron chi connectivity index (χ2n) is 10.6. The summed E-state index contributed by atoms with van der Waals surface area (Å²) in [5.41, 5.74) is 0. The molecule has 0 rings (SSSR count). The highest BCUT2D eigenvalue weighted by atomic mass is 32.2. The van der Waals surface area contributed by atoms with Gasteiger partial charge in [0.25, 0.3) is 0 Å². The van der Waals surface area contributed by atoms with Crippen molar-refractivity contribution in [1.82, 2.24) is 0 Å². The molecule has 0 amide bonds. The average molecular weight is 515 g/mol. The van der Waals surface area contributed by atoms with Crippen molar-refractivity contribution in [2.75, 3.05) is 5.75 Å². The van der Waals surface area contributed by atoms with Gasteiger partial charge in [0, 0.05) is 10.5 Å². The van der Waals surface area contributed by atoms with Gasteiger partial charge in [0.05, 0.1) is 12.8 Å². The largest absolute Gasteiger partial charge is 0.481 e. The third-order valence-electron chi connectivity index (χ3n) is 7.17. The van der Waals surface area contributed by atoms with Gasteiger partial charge in [-0.15, -0.1) is 0 Å². The molecular formula is C30H58O4S. The summed E-state index contributed by atoms with van der Waals surface area (Å²) in [5, 5.41) is 18.7. The van der Waals surface area contributed by atoms with Crippen LogP contribution in [0.15, 0.2) is 0 Å². The van der Waals surface area contributed by atoms with Gasteiger partial charge in [-0.25, -0.2) is 0 Å². The second kappa shape index (κ2) is 25.0. The molecule has 0 aliphatic rings. The number of carboxylic acids is 2. The fraction of sp³-hybridized carbons (Fsp3) is 0.933. The van der Waals surface area contributed by atoms with Crippen LogP contribution in [0, 0.1) is 0 Å². The van der Waals surface area contributed by atoms with E-state index in [1.807, 2.05) is 0 Å². The molecule has 0 aromatic rings. The standard InChI is InChI=1S/C30H58O4S/c1-3-5-7-9-11-13-15-17-19-21-24-30(27-29(33)34,35-26-23-28(31)32)25-22-20-18-16-14-12-10-8-6-4-2/h3-27H2,1-2H3,(H,31,32)(H,33,34). The van der Waals surface area contributed by atoms with E-state index in [4.69, 9.17) is 5.11 Å². The van der Waals surface area contributed by atoms with E-state index in [-0.39, 0.29) is 17.6 Å². The summed E-state index contributed by atoms with van der Waals surface area (Å²) >= 11 is 1.62. The van der Waals surface area contributed by atoms with E-state index in [1.54, 1.807) is 11.8 Å². The summed E-state index contributed by atoms with van der Waals surface area (Å²) in [6.45, 7) is 4.50. The minimum absolute atomic E-state index is 0.113. The SMILES string of the molecule is CCCCCCCCCCCCC(CCCCCCCCCCCC)(CC(=O)O)SCCC(=O)O. The number of carboxylic acid groups (broad SMARTS) is 2. The number of hydrogen-bond donors (Lipinski definition) is 2. The summed E-state index contributed by atoms with van der Waals surface area (Å²) in [6.07, 6.45) is 27.6. The number of aliphatic carboxylic acids is 2. The minimum atomic E-state index is -0.792. The lowest BCUT2D eigenvalue weighted by Gasteiger charge is -2.32. The Labute approximate surface area is 221 Å². The van der Waals surface area contributed by atoms with Gasteiger partial charge in [-0.3, -0.25) is 9.59 Å². The van der Waals surface area contributed by atoms with Crippen LogP contribution in [0.25, 0.3) is 0 Å². The highest BCUT2D eigenvalue weighted by Gasteiger charge is 2.32. The fourth-order valence-corrected chi connectivity index (χ4v) is 6.51. The molecule has 35 heavy (non-hydrogen) atoms. The van der Waals surface area contributed by atoms with E-state index in [0.717, 1.165) is 38.5 Å². The first-order valence-corrected chi connectivity index (χ1v) is 16.0. The van der Waals surface area contributed by atoms with Crippen molar-refractivity contribution < 1.29 is 19.8 Å². The Bertz CT molecular complexity index is 471. The van der Waals surface area contributed by atoms with Gasteiger partial charge in [-0.1, -0.05) is 142 Å². The van der Waals surface area contributed by atoms with Crippen LogP contribution in [-0.4, -0.2) is 32.7 Å². The smallest absolute Gasteiger partial charge is 0.304 e. The quantitative estimate of drug-likeness (QED) is 0.102. The average Bonchev–Trinajstić information content (AvgIpc) is 2.81. The molecule has 0 heterocycles. The normalized spacial score (nSPS) is 11.7. The lowest BCUT2D eigenvalue weighted by molar-refractivity contribution is -0.138. The molecule has 5 heteroatoms. The predicted molar refractivity (Wildman–Crippen MR) is 153 cm³/mol. The second-order valence-corrected chi connectivity index (χ2v) is 12.2. The lowest BCUT2D eigenvalue weighted by atomic mass is 9.90. The zero-order valence-electron chi connectivity index (χ0n) is 23.3. The fourth-order valence-electron chi connectivity index (χ4n) is 5.00. The molecule has 0 saturated heterocycles. The first-order valence-electron chi connectivity index (χ1n) is 15.0. The molecule has 0 aliphatic carbocycles. The molecule has 0 aromatic heterocycles. The highest BCUT2D eigenvalue weighted by Crippen LogP contribution is 2.40. The molecule has 0 aliphatic heterocycles. The van der Waals surface area contributed by atoms with Crippen LogP contribution >= 0.6 is 11.8 Å². The Morgan fingerprint density at radius 3 is 1.20 bits per heavy atom. The van der Waals surface area contributed by atoms with Gasteiger partial charge >= 0.3 is 11.9 Å².